The van der Waals surface area contributed by atoms with Gasteiger partial charge in [-0.1, -0.05) is 5.16 Å². The highest BCUT2D eigenvalue weighted by molar-refractivity contribution is 7.08. The van der Waals surface area contributed by atoms with E-state index in [2.05, 4.69) is 21.0 Å². The fourth-order valence-corrected chi connectivity index (χ4v) is 3.50. The minimum atomic E-state index is -0.522. The lowest BCUT2D eigenvalue weighted by Gasteiger charge is -2.17. The van der Waals surface area contributed by atoms with Gasteiger partial charge in [0, 0.05) is 29.3 Å². The standard InChI is InChI=1S/C22H26N4O6S/c1-4-29-16-11-15(12-17(30-5-2)20(16)31-6-3)22(28)25-24-18(27)7-8-19-23-21(26-32-19)14-9-10-33-13-14/h9-13H,4-8H2,1-3H3,(H,24,27)(H,25,28). The second-order valence-electron chi connectivity index (χ2n) is 6.63. The number of benzene rings is 1. The fraction of sp³-hybridized carbons (Fsp3) is 0.364. The van der Waals surface area contributed by atoms with Gasteiger partial charge in [-0.25, -0.2) is 0 Å². The van der Waals surface area contributed by atoms with E-state index in [4.69, 9.17) is 18.7 Å². The van der Waals surface area contributed by atoms with Crippen LogP contribution in [0.2, 0.25) is 0 Å². The molecule has 0 aliphatic carbocycles. The number of carbonyl (C=O) groups excluding carboxylic acids is 2. The van der Waals surface area contributed by atoms with Gasteiger partial charge in [-0.05, 0) is 44.4 Å². The minimum Gasteiger partial charge on any atom is -0.490 e. The Labute approximate surface area is 195 Å². The maximum absolute atomic E-state index is 12.6. The molecule has 0 spiro atoms. The smallest absolute Gasteiger partial charge is 0.269 e. The van der Waals surface area contributed by atoms with Crippen LogP contribution in [0, 0.1) is 0 Å². The first-order chi connectivity index (χ1) is 16.0. The third-order valence-electron chi connectivity index (χ3n) is 4.30. The summed E-state index contributed by atoms with van der Waals surface area (Å²) in [6, 6.07) is 4.97. The van der Waals surface area contributed by atoms with Crippen molar-refractivity contribution in [3.05, 3.63) is 40.4 Å². The molecular weight excluding hydrogens is 448 g/mol. The number of amides is 2. The maximum Gasteiger partial charge on any atom is 0.269 e. The molecule has 3 aromatic rings. The summed E-state index contributed by atoms with van der Waals surface area (Å²) in [5, 5.41) is 7.73. The first-order valence-corrected chi connectivity index (χ1v) is 11.5. The molecule has 0 radical (unpaired) electrons. The molecule has 0 saturated heterocycles. The van der Waals surface area contributed by atoms with Crippen LogP contribution in [-0.4, -0.2) is 41.8 Å². The quantitative estimate of drug-likeness (QED) is 0.405. The van der Waals surface area contributed by atoms with Crippen molar-refractivity contribution in [1.82, 2.24) is 21.0 Å². The number of thiophene rings is 1. The summed E-state index contributed by atoms with van der Waals surface area (Å²) in [6.07, 6.45) is 0.300. The SMILES string of the molecule is CCOc1cc(C(=O)NNC(=O)CCc2nc(-c3ccsc3)no2)cc(OCC)c1OCC. The highest BCUT2D eigenvalue weighted by Gasteiger charge is 2.19. The van der Waals surface area contributed by atoms with Crippen LogP contribution in [0.5, 0.6) is 17.2 Å². The number of hydrogen-bond acceptors (Lipinski definition) is 9. The first-order valence-electron chi connectivity index (χ1n) is 10.6. The molecule has 2 heterocycles. The van der Waals surface area contributed by atoms with E-state index in [1.165, 1.54) is 11.3 Å². The number of hydrogen-bond donors (Lipinski definition) is 2. The van der Waals surface area contributed by atoms with Crippen LogP contribution in [0.25, 0.3) is 11.4 Å². The summed E-state index contributed by atoms with van der Waals surface area (Å²) in [5.41, 5.74) is 5.90. The van der Waals surface area contributed by atoms with Crippen LogP contribution >= 0.6 is 11.3 Å². The summed E-state index contributed by atoms with van der Waals surface area (Å²) < 4.78 is 22.0. The lowest BCUT2D eigenvalue weighted by molar-refractivity contribution is -0.121. The van der Waals surface area contributed by atoms with Crippen molar-refractivity contribution >= 4 is 23.2 Å². The molecule has 0 saturated carbocycles. The Morgan fingerprint density at radius 2 is 1.73 bits per heavy atom. The van der Waals surface area contributed by atoms with E-state index >= 15 is 0 Å². The van der Waals surface area contributed by atoms with Crippen molar-refractivity contribution in [2.24, 2.45) is 0 Å². The van der Waals surface area contributed by atoms with Crippen LogP contribution in [0.3, 0.4) is 0 Å². The van der Waals surface area contributed by atoms with E-state index < -0.39 is 11.8 Å². The topological polar surface area (TPSA) is 125 Å². The molecule has 1 aromatic carbocycles. The number of rotatable bonds is 11. The van der Waals surface area contributed by atoms with Crippen molar-refractivity contribution in [1.29, 1.82) is 0 Å². The van der Waals surface area contributed by atoms with E-state index in [0.717, 1.165) is 5.56 Å². The van der Waals surface area contributed by atoms with Crippen LogP contribution in [0.15, 0.2) is 33.5 Å². The van der Waals surface area contributed by atoms with Gasteiger partial charge < -0.3 is 18.7 Å². The molecule has 10 nitrogen and oxygen atoms in total. The van der Waals surface area contributed by atoms with Crippen molar-refractivity contribution in [3.8, 4) is 28.6 Å². The molecule has 2 N–H and O–H groups in total. The van der Waals surface area contributed by atoms with E-state index in [0.29, 0.717) is 48.8 Å². The Morgan fingerprint density at radius 1 is 1.03 bits per heavy atom. The molecule has 3 rings (SSSR count). The molecule has 11 heteroatoms. The van der Waals surface area contributed by atoms with E-state index in [-0.39, 0.29) is 18.4 Å². The number of aryl methyl sites for hydroxylation is 1. The van der Waals surface area contributed by atoms with Gasteiger partial charge in [0.25, 0.3) is 5.91 Å². The van der Waals surface area contributed by atoms with Crippen LogP contribution in [-0.2, 0) is 11.2 Å². The Balaban J connectivity index is 1.58. The summed E-state index contributed by atoms with van der Waals surface area (Å²) in [4.78, 5) is 29.1. The molecule has 0 unspecified atom stereocenters. The molecule has 0 aliphatic rings. The van der Waals surface area contributed by atoms with Crippen LogP contribution in [0.4, 0.5) is 0 Å². The lowest BCUT2D eigenvalue weighted by atomic mass is 10.1. The normalized spacial score (nSPS) is 10.5. The van der Waals surface area contributed by atoms with Gasteiger partial charge in [-0.15, -0.1) is 0 Å². The number of ether oxygens (including phenoxy) is 3. The average Bonchev–Trinajstić information content (AvgIpc) is 3.50. The Bertz CT molecular complexity index is 1040. The molecule has 0 bridgehead atoms. The monoisotopic (exact) mass is 474 g/mol. The van der Waals surface area contributed by atoms with Crippen LogP contribution in [0.1, 0.15) is 43.4 Å². The number of carbonyl (C=O) groups is 2. The van der Waals surface area contributed by atoms with Gasteiger partial charge in [0.05, 0.1) is 19.8 Å². The second-order valence-corrected chi connectivity index (χ2v) is 7.41. The van der Waals surface area contributed by atoms with Gasteiger partial charge >= 0.3 is 0 Å². The summed E-state index contributed by atoms with van der Waals surface area (Å²) >= 11 is 1.53. The van der Waals surface area contributed by atoms with E-state index in [9.17, 15) is 9.59 Å². The van der Waals surface area contributed by atoms with E-state index in [1.807, 2.05) is 37.6 Å². The van der Waals surface area contributed by atoms with Gasteiger partial charge in [-0.3, -0.25) is 20.4 Å². The van der Waals surface area contributed by atoms with Crippen molar-refractivity contribution < 1.29 is 28.3 Å². The largest absolute Gasteiger partial charge is 0.490 e. The number of nitrogens with one attached hydrogen (secondary N) is 2. The predicted molar refractivity (Wildman–Crippen MR) is 121 cm³/mol. The van der Waals surface area contributed by atoms with Gasteiger partial charge in [-0.2, -0.15) is 16.3 Å². The summed E-state index contributed by atoms with van der Waals surface area (Å²) in [7, 11) is 0. The predicted octanol–water partition coefficient (Wildman–Crippen LogP) is 3.39. The molecule has 0 atom stereocenters. The van der Waals surface area contributed by atoms with Crippen molar-refractivity contribution in [2.45, 2.75) is 33.6 Å². The maximum atomic E-state index is 12.6. The Hall–Kier alpha value is -3.60. The molecule has 2 aromatic heterocycles. The first kappa shape index (κ1) is 24.1. The van der Waals surface area contributed by atoms with Gasteiger partial charge in [0.1, 0.15) is 0 Å². The van der Waals surface area contributed by atoms with Gasteiger partial charge in [0.15, 0.2) is 11.5 Å². The molecule has 0 aliphatic heterocycles. The fourth-order valence-electron chi connectivity index (χ4n) is 2.87. The van der Waals surface area contributed by atoms with Gasteiger partial charge in [0.2, 0.25) is 23.4 Å². The highest BCUT2D eigenvalue weighted by Crippen LogP contribution is 2.39. The zero-order valence-electron chi connectivity index (χ0n) is 18.7. The van der Waals surface area contributed by atoms with Crippen molar-refractivity contribution in [2.75, 3.05) is 19.8 Å². The lowest BCUT2D eigenvalue weighted by Crippen LogP contribution is -2.41. The average molecular weight is 475 g/mol. The molecular formula is C22H26N4O6S. The zero-order valence-corrected chi connectivity index (χ0v) is 19.5. The zero-order chi connectivity index (χ0) is 23.6. The van der Waals surface area contributed by atoms with Crippen LogP contribution < -0.4 is 25.1 Å². The number of nitrogens with zero attached hydrogens (tertiary/aromatic N) is 2. The molecule has 176 valence electrons. The molecule has 2 amide bonds. The Kier molecular flexibility index (Phi) is 8.64. The van der Waals surface area contributed by atoms with Crippen molar-refractivity contribution in [3.63, 3.8) is 0 Å². The Morgan fingerprint density at radius 3 is 2.33 bits per heavy atom. The summed E-state index contributed by atoms with van der Waals surface area (Å²) in [5.74, 6) is 1.10. The molecule has 0 fully saturated rings. The highest BCUT2D eigenvalue weighted by atomic mass is 32.1. The third-order valence-corrected chi connectivity index (χ3v) is 4.98. The van der Waals surface area contributed by atoms with E-state index in [1.54, 1.807) is 12.1 Å². The number of hydrazine groups is 1. The minimum absolute atomic E-state index is 0.0587. The third kappa shape index (κ3) is 6.45. The number of aromatic nitrogens is 2. The molecule has 33 heavy (non-hydrogen) atoms. The second kappa shape index (κ2) is 11.9. The summed E-state index contributed by atoms with van der Waals surface area (Å²) in [6.45, 7) is 6.69.